The second kappa shape index (κ2) is 29.5. The van der Waals surface area contributed by atoms with Gasteiger partial charge in [0.1, 0.15) is 0 Å². The van der Waals surface area contributed by atoms with Crippen molar-refractivity contribution in [3.63, 3.8) is 0 Å². The summed E-state index contributed by atoms with van der Waals surface area (Å²) in [5, 5.41) is 14.5. The monoisotopic (exact) mass is 1830 g/mol. The van der Waals surface area contributed by atoms with Crippen molar-refractivity contribution in [3.05, 3.63) is 476 Å². The fourth-order valence-electron chi connectivity index (χ4n) is 26.4. The first-order chi connectivity index (χ1) is 70.7. The van der Waals surface area contributed by atoms with Crippen LogP contribution in [0.15, 0.2) is 443 Å². The van der Waals surface area contributed by atoms with Gasteiger partial charge in [-0.25, -0.2) is 9.97 Å². The fourth-order valence-corrected chi connectivity index (χ4v) is 26.4. The molecule has 674 valence electrons. The first-order valence-corrected chi connectivity index (χ1v) is 50.4. The maximum absolute atomic E-state index is 5.70. The molecule has 27 aromatic rings. The van der Waals surface area contributed by atoms with Gasteiger partial charge in [0.2, 0.25) is 0 Å². The third kappa shape index (κ3) is 11.3. The summed E-state index contributed by atoms with van der Waals surface area (Å²) in [6, 6.07) is 167. The standard InChI is InChI=1S/C137H91N7/c1-135(2)114-39-17-10-30-95(114)98-59-56-91(77-117(98)135)142-121-43-21-14-34-102(121)109-72-83(49-65-125(109)142)82-48-64-124-108(71-82)101-33-13-20-42-120(101)141(124)90-29-24-28-88(70-90)94-62-63-106-130-105(94)37-25-38-107(130)133-131(106)132(138-134(139-133)81-26-8-7-9-27-81)80-46-54-89(55-47-80)140-128-68-52-86(84-50-66-126-110(73-84)103-35-15-22-44-122(103)143(126)92-57-60-99-96-31-11-18-40-115(96)136(3,4)118(99)78-92)75-112(128)113-76-87(53-69-129(113)140)85-51-67-127-111(74-85)104-36-16-23-45-123(104)144(127)93-58-61-100-97-32-12-19-41-116(97)137(5,6)119(100)79-93/h7-79H,1-6H3. The summed E-state index contributed by atoms with van der Waals surface area (Å²) in [6.45, 7) is 14.2. The van der Waals surface area contributed by atoms with Crippen LogP contribution in [0.5, 0.6) is 0 Å². The highest BCUT2D eigenvalue weighted by molar-refractivity contribution is 6.22. The molecule has 0 saturated heterocycles. The summed E-state index contributed by atoms with van der Waals surface area (Å²) in [6.07, 6.45) is 0. The molecule has 0 aliphatic heterocycles. The van der Waals surface area contributed by atoms with Gasteiger partial charge in [0.25, 0.3) is 0 Å². The molecular weight excluding hydrogens is 1740 g/mol. The van der Waals surface area contributed by atoms with Gasteiger partial charge in [-0.15, -0.1) is 0 Å². The minimum absolute atomic E-state index is 0.111. The zero-order chi connectivity index (χ0) is 95.2. The Bertz CT molecular complexity index is 10100. The lowest BCUT2D eigenvalue weighted by molar-refractivity contribution is 0.660. The molecule has 4 aliphatic carbocycles. The Morgan fingerprint density at radius 2 is 0.438 bits per heavy atom. The van der Waals surface area contributed by atoms with Crippen LogP contribution in [0.25, 0.3) is 271 Å². The van der Waals surface area contributed by atoms with Crippen LogP contribution in [0.1, 0.15) is 74.9 Å². The van der Waals surface area contributed by atoms with Gasteiger partial charge in [-0.1, -0.05) is 327 Å². The lowest BCUT2D eigenvalue weighted by Gasteiger charge is -2.22. The highest BCUT2D eigenvalue weighted by atomic mass is 15.0. The average molecular weight is 1840 g/mol. The highest BCUT2D eigenvalue weighted by Gasteiger charge is 2.40. The summed E-state index contributed by atoms with van der Waals surface area (Å²) < 4.78 is 12.4. The lowest BCUT2D eigenvalue weighted by Crippen LogP contribution is -2.15. The molecule has 6 aromatic heterocycles. The van der Waals surface area contributed by atoms with E-state index < -0.39 is 0 Å². The zero-order valence-corrected chi connectivity index (χ0v) is 80.3. The smallest absolute Gasteiger partial charge is 0.160 e. The number of benzene rings is 21. The Kier molecular flexibility index (Phi) is 16.6. The van der Waals surface area contributed by atoms with Gasteiger partial charge in [0.05, 0.1) is 66.6 Å². The quantitative estimate of drug-likeness (QED) is 0.130. The van der Waals surface area contributed by atoms with E-state index in [9.17, 15) is 0 Å². The molecule has 0 radical (unpaired) electrons. The van der Waals surface area contributed by atoms with Crippen molar-refractivity contribution in [2.24, 2.45) is 0 Å². The van der Waals surface area contributed by atoms with Crippen molar-refractivity contribution in [1.29, 1.82) is 0 Å². The minimum Gasteiger partial charge on any atom is -0.309 e. The maximum atomic E-state index is 5.70. The Labute approximate surface area is 832 Å². The number of rotatable bonds is 11. The van der Waals surface area contributed by atoms with Gasteiger partial charge in [0.15, 0.2) is 5.82 Å². The number of para-hydroxylation sites is 4. The first-order valence-electron chi connectivity index (χ1n) is 50.4. The van der Waals surface area contributed by atoms with E-state index in [-0.39, 0.29) is 16.2 Å². The molecule has 0 spiro atoms. The normalized spacial score (nSPS) is 13.8. The summed E-state index contributed by atoms with van der Waals surface area (Å²) in [4.78, 5) is 11.3. The molecule has 0 saturated carbocycles. The molecule has 0 fully saturated rings. The van der Waals surface area contributed by atoms with Gasteiger partial charge >= 0.3 is 0 Å². The van der Waals surface area contributed by atoms with Crippen molar-refractivity contribution in [2.75, 3.05) is 0 Å². The van der Waals surface area contributed by atoms with Crippen LogP contribution in [0.3, 0.4) is 0 Å². The molecule has 4 aliphatic rings. The van der Waals surface area contributed by atoms with Gasteiger partial charge < -0.3 is 22.8 Å². The number of aromatic nitrogens is 7. The molecule has 7 heteroatoms. The van der Waals surface area contributed by atoms with E-state index >= 15 is 0 Å². The molecule has 0 unspecified atom stereocenters. The largest absolute Gasteiger partial charge is 0.309 e. The predicted molar refractivity (Wildman–Crippen MR) is 601 cm³/mol. The molecule has 0 amide bonds. The van der Waals surface area contributed by atoms with Crippen molar-refractivity contribution in [1.82, 2.24) is 32.8 Å². The van der Waals surface area contributed by atoms with Crippen LogP contribution in [0.2, 0.25) is 0 Å². The third-order valence-electron chi connectivity index (χ3n) is 33.3. The molecule has 21 aromatic carbocycles. The van der Waals surface area contributed by atoms with Crippen LogP contribution >= 0.6 is 0 Å². The Morgan fingerprint density at radius 3 is 0.840 bits per heavy atom. The molecule has 31 rings (SSSR count). The van der Waals surface area contributed by atoms with Crippen LogP contribution in [-0.4, -0.2) is 32.8 Å². The number of hydrogen-bond acceptors (Lipinski definition) is 2. The lowest BCUT2D eigenvalue weighted by atomic mass is 9.82. The molecular formula is C137H91N7. The fraction of sp³-hybridized carbons (Fsp3) is 0.0657. The molecule has 0 N–H and O–H groups in total. The Morgan fingerprint density at radius 1 is 0.160 bits per heavy atom. The SMILES string of the molecule is CC1(C)c2ccccc2-c2ccc(-n3c4ccccc4c4cc(-c5ccc6c(c5)c5ccccc5n6-c5cccc(-c6ccc7c8c(cccc68)-c6nc(-c8ccccc8)nc(-c8ccc(-n9c%10ccc(-c%11ccc%12c(c%11)c%11ccccc%11n%12-c%11ccc%12c(c%11)C(C)(C)c%11ccccc%11-%12)cc%10c%10cc(-c%11ccc%12c(c%11)c%11ccccc%11n%12-c%11ccc%12c(c%11)C(C)(C)c%11ccccc%11-%12)ccc%109)cc8)c6-7)c5)ccc43)cc21. The van der Waals surface area contributed by atoms with Gasteiger partial charge in [0, 0.05) is 121 Å². The number of nitrogens with zero attached hydrogens (tertiary/aromatic N) is 7. The van der Waals surface area contributed by atoms with Gasteiger partial charge in [-0.2, -0.15) is 0 Å². The van der Waals surface area contributed by atoms with Crippen molar-refractivity contribution in [2.45, 2.75) is 57.8 Å². The van der Waals surface area contributed by atoms with E-state index in [0.29, 0.717) is 5.82 Å². The summed E-state index contributed by atoms with van der Waals surface area (Å²) in [5.74, 6) is 0.685. The van der Waals surface area contributed by atoms with E-state index in [0.717, 1.165) is 106 Å². The summed E-state index contributed by atoms with van der Waals surface area (Å²) in [7, 11) is 0. The van der Waals surface area contributed by atoms with E-state index in [1.807, 2.05) is 0 Å². The second-order valence-corrected chi connectivity index (χ2v) is 41.8. The van der Waals surface area contributed by atoms with E-state index in [2.05, 4.69) is 507 Å². The van der Waals surface area contributed by atoms with Crippen LogP contribution in [0, 0.1) is 0 Å². The Balaban J connectivity index is 0.514. The van der Waals surface area contributed by atoms with Gasteiger partial charge in [-0.05, 0) is 285 Å². The molecule has 0 bridgehead atoms. The summed E-state index contributed by atoms with van der Waals surface area (Å²) in [5.41, 5.74) is 49.5. The Hall–Kier alpha value is -18.0. The molecule has 144 heavy (non-hydrogen) atoms. The highest BCUT2D eigenvalue weighted by Crippen LogP contribution is 2.57. The van der Waals surface area contributed by atoms with Crippen LogP contribution in [-0.2, 0) is 16.2 Å². The van der Waals surface area contributed by atoms with E-state index in [1.54, 1.807) is 0 Å². The van der Waals surface area contributed by atoms with Crippen molar-refractivity contribution >= 4 is 120 Å². The van der Waals surface area contributed by atoms with Crippen molar-refractivity contribution < 1.29 is 0 Å². The average Bonchev–Trinajstić information content (AvgIpc) is 1.68. The van der Waals surface area contributed by atoms with Gasteiger partial charge in [-0.3, -0.25) is 0 Å². The minimum atomic E-state index is -0.137. The maximum Gasteiger partial charge on any atom is 0.160 e. The first kappa shape index (κ1) is 80.9. The second-order valence-electron chi connectivity index (χ2n) is 41.8. The number of hydrogen-bond donors (Lipinski definition) is 0. The van der Waals surface area contributed by atoms with Crippen molar-refractivity contribution in [3.8, 4) is 151 Å². The third-order valence-corrected chi connectivity index (χ3v) is 33.3. The predicted octanol–water partition coefficient (Wildman–Crippen LogP) is 35.7. The summed E-state index contributed by atoms with van der Waals surface area (Å²) >= 11 is 0. The van der Waals surface area contributed by atoms with Crippen LogP contribution < -0.4 is 0 Å². The zero-order valence-electron chi connectivity index (χ0n) is 80.3. The van der Waals surface area contributed by atoms with E-state index in [4.69, 9.17) is 9.97 Å². The molecule has 0 atom stereocenters. The molecule has 7 nitrogen and oxygen atoms in total. The topological polar surface area (TPSA) is 50.4 Å². The van der Waals surface area contributed by atoms with E-state index in [1.165, 1.54) is 193 Å². The molecule has 6 heterocycles. The van der Waals surface area contributed by atoms with Crippen LogP contribution in [0.4, 0.5) is 0 Å². The number of fused-ring (bicyclic) bond motifs is 27.